The van der Waals surface area contributed by atoms with Crippen molar-refractivity contribution in [1.29, 1.82) is 0 Å². The molecule has 1 amide bonds. The van der Waals surface area contributed by atoms with Crippen LogP contribution in [0.1, 0.15) is 34.3 Å². The summed E-state index contributed by atoms with van der Waals surface area (Å²) in [5, 5.41) is 3.31. The first-order valence-electron chi connectivity index (χ1n) is 6.38. The van der Waals surface area contributed by atoms with Crippen molar-refractivity contribution >= 4 is 5.91 Å². The molecule has 4 nitrogen and oxygen atoms in total. The molecule has 1 aromatic carbocycles. The van der Waals surface area contributed by atoms with Crippen molar-refractivity contribution in [3.05, 3.63) is 34.9 Å². The summed E-state index contributed by atoms with van der Waals surface area (Å²) in [6.45, 7) is 4.65. The molecule has 4 heteroatoms. The number of hydrogen-bond acceptors (Lipinski definition) is 3. The molecule has 1 aromatic rings. The monoisotopic (exact) mass is 248 g/mol. The number of aryl methyl sites for hydroxylation is 1. The summed E-state index contributed by atoms with van der Waals surface area (Å²) in [5.74, 6) is -0.385. The molecule has 3 N–H and O–H groups in total. The van der Waals surface area contributed by atoms with E-state index in [1.165, 1.54) is 0 Å². The zero-order valence-corrected chi connectivity index (χ0v) is 10.7. The van der Waals surface area contributed by atoms with Gasteiger partial charge in [-0.1, -0.05) is 6.07 Å². The highest BCUT2D eigenvalue weighted by Gasteiger charge is 2.13. The average Bonchev–Trinajstić information content (AvgIpc) is 2.38. The van der Waals surface area contributed by atoms with Crippen molar-refractivity contribution in [3.63, 3.8) is 0 Å². The third-order valence-corrected chi connectivity index (χ3v) is 3.39. The number of nitrogens with two attached hydrogens (primary N) is 1. The molecule has 0 saturated carbocycles. The van der Waals surface area contributed by atoms with Crippen LogP contribution in [0.3, 0.4) is 0 Å². The van der Waals surface area contributed by atoms with Crippen LogP contribution in [0.25, 0.3) is 0 Å². The largest absolute Gasteiger partial charge is 0.373 e. The van der Waals surface area contributed by atoms with E-state index in [0.717, 1.165) is 37.1 Å². The van der Waals surface area contributed by atoms with Gasteiger partial charge in [-0.25, -0.2) is 0 Å². The predicted octanol–water partition coefficient (Wildman–Crippen LogP) is 1.36. The summed E-state index contributed by atoms with van der Waals surface area (Å²) >= 11 is 0. The Balaban J connectivity index is 1.94. The lowest BCUT2D eigenvalue weighted by atomic mass is 10.0. The molecule has 1 fully saturated rings. The number of amides is 1. The Morgan fingerprint density at radius 2 is 2.17 bits per heavy atom. The van der Waals surface area contributed by atoms with E-state index < -0.39 is 0 Å². The van der Waals surface area contributed by atoms with Crippen LogP contribution in [0.5, 0.6) is 0 Å². The molecule has 2 rings (SSSR count). The molecule has 18 heavy (non-hydrogen) atoms. The summed E-state index contributed by atoms with van der Waals surface area (Å²) in [6, 6.07) is 5.51. The van der Waals surface area contributed by atoms with Gasteiger partial charge in [0.15, 0.2) is 0 Å². The molecule has 1 heterocycles. The first kappa shape index (κ1) is 13.1. The minimum atomic E-state index is -0.385. The summed E-state index contributed by atoms with van der Waals surface area (Å²) in [7, 11) is 0. The topological polar surface area (TPSA) is 64.4 Å². The number of piperidine rings is 1. The van der Waals surface area contributed by atoms with E-state index in [2.05, 4.69) is 5.32 Å². The molecule has 98 valence electrons. The maximum absolute atomic E-state index is 11.1. The molecule has 0 aliphatic carbocycles. The van der Waals surface area contributed by atoms with E-state index in [-0.39, 0.29) is 5.91 Å². The SMILES string of the molecule is Cc1cc(C(N)=O)ccc1COC1CCNCC1. The van der Waals surface area contributed by atoms with Crippen LogP contribution in [-0.2, 0) is 11.3 Å². The number of benzene rings is 1. The average molecular weight is 248 g/mol. The predicted molar refractivity (Wildman–Crippen MR) is 70.4 cm³/mol. The van der Waals surface area contributed by atoms with E-state index in [1.807, 2.05) is 19.1 Å². The van der Waals surface area contributed by atoms with Gasteiger partial charge in [0.1, 0.15) is 0 Å². The van der Waals surface area contributed by atoms with Crippen LogP contribution < -0.4 is 11.1 Å². The van der Waals surface area contributed by atoms with Crippen LogP contribution in [0.15, 0.2) is 18.2 Å². The first-order valence-corrected chi connectivity index (χ1v) is 6.38. The number of carbonyl (C=O) groups is 1. The van der Waals surface area contributed by atoms with Crippen molar-refractivity contribution in [2.75, 3.05) is 13.1 Å². The molecule has 0 spiro atoms. The quantitative estimate of drug-likeness (QED) is 0.845. The molecule has 0 bridgehead atoms. The maximum atomic E-state index is 11.1. The highest BCUT2D eigenvalue weighted by molar-refractivity contribution is 5.93. The van der Waals surface area contributed by atoms with E-state index in [0.29, 0.717) is 18.3 Å². The van der Waals surface area contributed by atoms with Gasteiger partial charge in [-0.15, -0.1) is 0 Å². The van der Waals surface area contributed by atoms with Crippen molar-refractivity contribution in [3.8, 4) is 0 Å². The van der Waals surface area contributed by atoms with Gasteiger partial charge < -0.3 is 15.8 Å². The van der Waals surface area contributed by atoms with Crippen molar-refractivity contribution in [2.24, 2.45) is 5.73 Å². The standard InChI is InChI=1S/C14H20N2O2/c1-10-8-11(14(15)17)2-3-12(10)9-18-13-4-6-16-7-5-13/h2-3,8,13,16H,4-7,9H2,1H3,(H2,15,17). The number of hydrogen-bond donors (Lipinski definition) is 2. The second kappa shape index (κ2) is 5.98. The number of nitrogens with one attached hydrogen (secondary N) is 1. The lowest BCUT2D eigenvalue weighted by Gasteiger charge is -2.23. The Bertz CT molecular complexity index is 426. The van der Waals surface area contributed by atoms with Crippen LogP contribution in [-0.4, -0.2) is 25.1 Å². The van der Waals surface area contributed by atoms with Gasteiger partial charge in [-0.3, -0.25) is 4.79 Å². The summed E-state index contributed by atoms with van der Waals surface area (Å²) in [6.07, 6.45) is 2.48. The Morgan fingerprint density at radius 1 is 1.44 bits per heavy atom. The maximum Gasteiger partial charge on any atom is 0.248 e. The first-order chi connectivity index (χ1) is 8.66. The molecule has 0 atom stereocenters. The molecule has 1 aliphatic heterocycles. The van der Waals surface area contributed by atoms with Gasteiger partial charge in [-0.05, 0) is 56.1 Å². The van der Waals surface area contributed by atoms with Crippen LogP contribution >= 0.6 is 0 Å². The fraction of sp³-hybridized carbons (Fsp3) is 0.500. The molecular formula is C14H20N2O2. The molecule has 1 aliphatic rings. The van der Waals surface area contributed by atoms with Gasteiger partial charge in [-0.2, -0.15) is 0 Å². The van der Waals surface area contributed by atoms with Gasteiger partial charge >= 0.3 is 0 Å². The Morgan fingerprint density at radius 3 is 2.78 bits per heavy atom. The van der Waals surface area contributed by atoms with E-state index >= 15 is 0 Å². The summed E-state index contributed by atoms with van der Waals surface area (Å²) in [5.41, 5.74) is 7.98. The second-order valence-corrected chi connectivity index (χ2v) is 4.77. The molecule has 0 radical (unpaired) electrons. The van der Waals surface area contributed by atoms with Gasteiger partial charge in [0.25, 0.3) is 0 Å². The normalized spacial score (nSPS) is 16.7. The lowest BCUT2D eigenvalue weighted by Crippen LogP contribution is -2.32. The number of carbonyl (C=O) groups excluding carboxylic acids is 1. The summed E-state index contributed by atoms with van der Waals surface area (Å²) < 4.78 is 5.89. The van der Waals surface area contributed by atoms with E-state index in [4.69, 9.17) is 10.5 Å². The van der Waals surface area contributed by atoms with Crippen molar-refractivity contribution < 1.29 is 9.53 Å². The van der Waals surface area contributed by atoms with Gasteiger partial charge in [0.05, 0.1) is 12.7 Å². The minimum Gasteiger partial charge on any atom is -0.373 e. The molecular weight excluding hydrogens is 228 g/mol. The minimum absolute atomic E-state index is 0.349. The summed E-state index contributed by atoms with van der Waals surface area (Å²) in [4.78, 5) is 11.1. The Hall–Kier alpha value is -1.39. The zero-order valence-electron chi connectivity index (χ0n) is 10.7. The van der Waals surface area contributed by atoms with Crippen LogP contribution in [0.2, 0.25) is 0 Å². The van der Waals surface area contributed by atoms with Crippen LogP contribution in [0.4, 0.5) is 0 Å². The van der Waals surface area contributed by atoms with Gasteiger partial charge in [0, 0.05) is 5.56 Å². The third-order valence-electron chi connectivity index (χ3n) is 3.39. The molecule has 0 aromatic heterocycles. The zero-order chi connectivity index (χ0) is 13.0. The highest BCUT2D eigenvalue weighted by Crippen LogP contribution is 2.15. The fourth-order valence-electron chi connectivity index (χ4n) is 2.18. The lowest BCUT2D eigenvalue weighted by molar-refractivity contribution is 0.0210. The van der Waals surface area contributed by atoms with E-state index in [1.54, 1.807) is 6.07 Å². The molecule has 1 saturated heterocycles. The highest BCUT2D eigenvalue weighted by atomic mass is 16.5. The van der Waals surface area contributed by atoms with E-state index in [9.17, 15) is 4.79 Å². The van der Waals surface area contributed by atoms with Crippen LogP contribution in [0, 0.1) is 6.92 Å². The smallest absolute Gasteiger partial charge is 0.248 e. The Labute approximate surface area is 108 Å². The third kappa shape index (κ3) is 3.31. The van der Waals surface area contributed by atoms with Gasteiger partial charge in [0.2, 0.25) is 5.91 Å². The number of primary amides is 1. The van der Waals surface area contributed by atoms with Crippen molar-refractivity contribution in [2.45, 2.75) is 32.5 Å². The molecule has 0 unspecified atom stereocenters. The second-order valence-electron chi connectivity index (χ2n) is 4.77. The number of ether oxygens (including phenoxy) is 1. The van der Waals surface area contributed by atoms with Crippen molar-refractivity contribution in [1.82, 2.24) is 5.32 Å². The fourth-order valence-corrected chi connectivity index (χ4v) is 2.18. The Kier molecular flexibility index (Phi) is 4.33. The number of rotatable bonds is 4.